The highest BCUT2D eigenvalue weighted by molar-refractivity contribution is 7.92. The van der Waals surface area contributed by atoms with Gasteiger partial charge >= 0.3 is 0 Å². The number of rotatable bonds is 9. The first kappa shape index (κ1) is 26.3. The predicted molar refractivity (Wildman–Crippen MR) is 135 cm³/mol. The van der Waals surface area contributed by atoms with Crippen LogP contribution in [0.1, 0.15) is 25.3 Å². The number of carbonyl (C=O) groups is 1. The minimum Gasteiger partial charge on any atom is -0.493 e. The number of para-hydroxylation sites is 1. The van der Waals surface area contributed by atoms with Crippen LogP contribution >= 0.6 is 11.6 Å². The number of ether oxygens (including phenoxy) is 2. The normalized spacial score (nSPS) is 11.3. The number of nitrogens with zero attached hydrogens (tertiary/aromatic N) is 1. The number of benzene rings is 3. The Balaban J connectivity index is 2.03. The molecule has 0 spiro atoms. The van der Waals surface area contributed by atoms with Gasteiger partial charge in [-0.25, -0.2) is 12.8 Å². The molecule has 0 atom stereocenters. The van der Waals surface area contributed by atoms with E-state index in [1.807, 2.05) is 26.0 Å². The van der Waals surface area contributed by atoms with E-state index in [4.69, 9.17) is 21.1 Å². The molecule has 0 aliphatic carbocycles. The topological polar surface area (TPSA) is 84.9 Å². The van der Waals surface area contributed by atoms with Crippen LogP contribution in [0.15, 0.2) is 65.6 Å². The van der Waals surface area contributed by atoms with Crippen molar-refractivity contribution in [1.82, 2.24) is 0 Å². The van der Waals surface area contributed by atoms with Crippen molar-refractivity contribution < 1.29 is 27.1 Å². The molecule has 10 heteroatoms. The van der Waals surface area contributed by atoms with Crippen molar-refractivity contribution in [1.29, 1.82) is 0 Å². The second-order valence-corrected chi connectivity index (χ2v) is 10.2. The summed E-state index contributed by atoms with van der Waals surface area (Å²) in [6.07, 6.45) is 0. The highest BCUT2D eigenvalue weighted by atomic mass is 35.5. The van der Waals surface area contributed by atoms with E-state index in [9.17, 15) is 17.6 Å². The van der Waals surface area contributed by atoms with Gasteiger partial charge in [-0.05, 0) is 47.9 Å². The van der Waals surface area contributed by atoms with Crippen LogP contribution in [0, 0.1) is 5.82 Å². The Morgan fingerprint density at radius 1 is 1.03 bits per heavy atom. The summed E-state index contributed by atoms with van der Waals surface area (Å²) in [5.74, 6) is -0.627. The van der Waals surface area contributed by atoms with E-state index in [1.165, 1.54) is 38.5 Å². The minimum absolute atomic E-state index is 0.0264. The molecule has 0 saturated carbocycles. The number of halogens is 2. The predicted octanol–water partition coefficient (Wildman–Crippen LogP) is 5.45. The number of hydrogen-bond donors (Lipinski definition) is 1. The molecule has 0 unspecified atom stereocenters. The maximum Gasteiger partial charge on any atom is 0.264 e. The lowest BCUT2D eigenvalue weighted by Gasteiger charge is -2.25. The fourth-order valence-corrected chi connectivity index (χ4v) is 5.10. The van der Waals surface area contributed by atoms with E-state index in [0.717, 1.165) is 22.0 Å². The van der Waals surface area contributed by atoms with Gasteiger partial charge in [0.05, 0.1) is 29.8 Å². The highest BCUT2D eigenvalue weighted by Gasteiger charge is 2.29. The fraction of sp³-hybridized carbons (Fsp3) is 0.240. The lowest BCUT2D eigenvalue weighted by atomic mass is 10.0. The van der Waals surface area contributed by atoms with Gasteiger partial charge in [-0.1, -0.05) is 43.6 Å². The summed E-state index contributed by atoms with van der Waals surface area (Å²) < 4.78 is 52.5. The van der Waals surface area contributed by atoms with Crippen molar-refractivity contribution in [2.45, 2.75) is 24.7 Å². The van der Waals surface area contributed by atoms with Crippen LogP contribution in [0.5, 0.6) is 11.5 Å². The SMILES string of the molecule is COc1ccc(S(=O)(=O)N(CC(=O)Nc2ccccc2C(C)C)c2ccc(F)c(Cl)c2)cc1OC. The number of nitrogens with one attached hydrogen (secondary N) is 1. The summed E-state index contributed by atoms with van der Waals surface area (Å²) in [6, 6.07) is 14.8. The zero-order valence-electron chi connectivity index (χ0n) is 19.7. The average Bonchev–Trinajstić information content (AvgIpc) is 2.84. The molecule has 0 heterocycles. The molecule has 0 aromatic heterocycles. The van der Waals surface area contributed by atoms with Crippen LogP contribution in [-0.2, 0) is 14.8 Å². The summed E-state index contributed by atoms with van der Waals surface area (Å²) in [6.45, 7) is 3.39. The van der Waals surface area contributed by atoms with Crippen LogP contribution in [0.2, 0.25) is 5.02 Å². The van der Waals surface area contributed by atoms with Crippen molar-refractivity contribution >= 4 is 38.9 Å². The van der Waals surface area contributed by atoms with Gasteiger partial charge in [0.25, 0.3) is 10.0 Å². The van der Waals surface area contributed by atoms with Gasteiger partial charge in [-0.3, -0.25) is 9.10 Å². The van der Waals surface area contributed by atoms with Gasteiger partial charge in [0.15, 0.2) is 11.5 Å². The summed E-state index contributed by atoms with van der Waals surface area (Å²) in [5.41, 5.74) is 1.51. The van der Waals surface area contributed by atoms with Gasteiger partial charge in [0, 0.05) is 11.8 Å². The van der Waals surface area contributed by atoms with Gasteiger partial charge in [0.2, 0.25) is 5.91 Å². The smallest absolute Gasteiger partial charge is 0.264 e. The Hall–Kier alpha value is -3.30. The first-order valence-corrected chi connectivity index (χ1v) is 12.5. The Morgan fingerprint density at radius 3 is 2.34 bits per heavy atom. The van der Waals surface area contributed by atoms with Crippen molar-refractivity contribution in [3.05, 3.63) is 77.1 Å². The summed E-state index contributed by atoms with van der Waals surface area (Å²) in [5, 5.41) is 2.51. The maximum absolute atomic E-state index is 13.8. The molecule has 3 rings (SSSR count). The average molecular weight is 521 g/mol. The van der Waals surface area contributed by atoms with Gasteiger partial charge < -0.3 is 14.8 Å². The second kappa shape index (κ2) is 11.0. The van der Waals surface area contributed by atoms with Crippen molar-refractivity contribution in [3.63, 3.8) is 0 Å². The lowest BCUT2D eigenvalue weighted by molar-refractivity contribution is -0.114. The third-order valence-electron chi connectivity index (χ3n) is 5.28. The van der Waals surface area contributed by atoms with E-state index in [1.54, 1.807) is 12.1 Å². The third kappa shape index (κ3) is 5.86. The first-order valence-electron chi connectivity index (χ1n) is 10.7. The molecule has 7 nitrogen and oxygen atoms in total. The zero-order chi connectivity index (χ0) is 25.8. The number of amides is 1. The molecule has 0 aliphatic heterocycles. The molecule has 0 radical (unpaired) electrons. The van der Waals surface area contributed by atoms with Crippen LogP contribution in [0.25, 0.3) is 0 Å². The standard InChI is InChI=1S/C25H26ClFN2O5S/c1-16(2)19-7-5-6-8-22(19)28-25(30)15-29(17-9-11-21(27)20(26)13-17)35(31,32)18-10-12-23(33-3)24(14-18)34-4/h5-14,16H,15H2,1-4H3,(H,28,30). The van der Waals surface area contributed by atoms with Crippen molar-refractivity contribution in [3.8, 4) is 11.5 Å². The van der Waals surface area contributed by atoms with Crippen LogP contribution < -0.4 is 19.1 Å². The molecule has 3 aromatic carbocycles. The molecule has 3 aromatic rings. The largest absolute Gasteiger partial charge is 0.493 e. The minimum atomic E-state index is -4.30. The number of anilines is 2. The molecule has 0 fully saturated rings. The first-order chi connectivity index (χ1) is 16.6. The molecule has 0 bridgehead atoms. The zero-order valence-corrected chi connectivity index (χ0v) is 21.3. The number of methoxy groups -OCH3 is 2. The number of carbonyl (C=O) groups excluding carboxylic acids is 1. The van der Waals surface area contributed by atoms with E-state index in [0.29, 0.717) is 11.4 Å². The molecule has 186 valence electrons. The molecular formula is C25H26ClFN2O5S. The highest BCUT2D eigenvalue weighted by Crippen LogP contribution is 2.33. The van der Waals surface area contributed by atoms with E-state index >= 15 is 0 Å². The van der Waals surface area contributed by atoms with Crippen LogP contribution in [0.4, 0.5) is 15.8 Å². The van der Waals surface area contributed by atoms with Crippen LogP contribution in [0.3, 0.4) is 0 Å². The van der Waals surface area contributed by atoms with Crippen LogP contribution in [-0.4, -0.2) is 35.1 Å². The second-order valence-electron chi connectivity index (χ2n) is 7.92. The van der Waals surface area contributed by atoms with Gasteiger partial charge in [0.1, 0.15) is 12.4 Å². The monoisotopic (exact) mass is 520 g/mol. The molecule has 35 heavy (non-hydrogen) atoms. The number of sulfonamides is 1. The van der Waals surface area contributed by atoms with Crippen molar-refractivity contribution in [2.24, 2.45) is 0 Å². The number of hydrogen-bond acceptors (Lipinski definition) is 5. The van der Waals surface area contributed by atoms with E-state index < -0.39 is 28.3 Å². The quantitative estimate of drug-likeness (QED) is 0.405. The Bertz CT molecular complexity index is 1330. The Labute approximate surface area is 209 Å². The van der Waals surface area contributed by atoms with Gasteiger partial charge in [-0.15, -0.1) is 0 Å². The van der Waals surface area contributed by atoms with Crippen molar-refractivity contribution in [2.75, 3.05) is 30.4 Å². The Morgan fingerprint density at radius 2 is 1.71 bits per heavy atom. The van der Waals surface area contributed by atoms with E-state index in [-0.39, 0.29) is 27.3 Å². The molecule has 1 amide bonds. The molecular weight excluding hydrogens is 495 g/mol. The van der Waals surface area contributed by atoms with Gasteiger partial charge in [-0.2, -0.15) is 0 Å². The molecule has 1 N–H and O–H groups in total. The summed E-state index contributed by atoms with van der Waals surface area (Å²) in [4.78, 5) is 12.9. The maximum atomic E-state index is 13.8. The molecule has 0 saturated heterocycles. The summed E-state index contributed by atoms with van der Waals surface area (Å²) >= 11 is 5.93. The lowest BCUT2D eigenvalue weighted by Crippen LogP contribution is -2.38. The Kier molecular flexibility index (Phi) is 8.24. The van der Waals surface area contributed by atoms with E-state index in [2.05, 4.69) is 5.32 Å². The molecule has 0 aliphatic rings. The summed E-state index contributed by atoms with van der Waals surface area (Å²) in [7, 11) is -1.49. The third-order valence-corrected chi connectivity index (χ3v) is 7.34. The fourth-order valence-electron chi connectivity index (χ4n) is 3.49.